The molecule has 0 aromatic carbocycles. The van der Waals surface area contributed by atoms with Crippen molar-refractivity contribution in [2.45, 2.75) is 38.2 Å². The quantitative estimate of drug-likeness (QED) is 0.590. The lowest BCUT2D eigenvalue weighted by Crippen LogP contribution is -2.45. The summed E-state index contributed by atoms with van der Waals surface area (Å²) in [5.74, 6) is -0.0460. The monoisotopic (exact) mass is 236 g/mol. The minimum atomic E-state index is -2.44. The molecular formula is C9H16O5S. The Hall–Kier alpha value is -0.460. The fourth-order valence-corrected chi connectivity index (χ4v) is 2.38. The zero-order chi connectivity index (χ0) is 11.5. The molecule has 6 heteroatoms. The minimum absolute atomic E-state index is 0.438. The molecule has 1 aliphatic rings. The van der Waals surface area contributed by atoms with Crippen LogP contribution < -0.4 is 0 Å². The lowest BCUT2D eigenvalue weighted by molar-refractivity contribution is -0.162. The van der Waals surface area contributed by atoms with E-state index in [1.54, 1.807) is 0 Å². The lowest BCUT2D eigenvalue weighted by Gasteiger charge is -2.34. The number of carbonyl (C=O) groups excluding carboxylic acids is 1. The summed E-state index contributed by atoms with van der Waals surface area (Å²) in [6, 6.07) is 0. The Morgan fingerprint density at radius 1 is 1.47 bits per heavy atom. The van der Waals surface area contributed by atoms with Crippen LogP contribution in [0.5, 0.6) is 0 Å². The third kappa shape index (κ3) is 2.99. The summed E-state index contributed by atoms with van der Waals surface area (Å²) in [6.45, 7) is 2.08. The highest BCUT2D eigenvalue weighted by atomic mass is 32.2. The first-order valence-electron chi connectivity index (χ1n) is 4.89. The molecule has 1 fully saturated rings. The van der Waals surface area contributed by atoms with Gasteiger partial charge in [0.2, 0.25) is 0 Å². The second-order valence-corrected chi connectivity index (χ2v) is 4.57. The molecule has 0 spiro atoms. The summed E-state index contributed by atoms with van der Waals surface area (Å²) in [4.78, 5) is 11.5. The molecule has 0 bridgehead atoms. The summed E-state index contributed by atoms with van der Waals surface area (Å²) >= 11 is -2.44. The SMILES string of the molecule is COC(=O)C1(OS(=O)O)CCC(C)CC1. The topological polar surface area (TPSA) is 72.8 Å². The van der Waals surface area contributed by atoms with Gasteiger partial charge in [0.05, 0.1) is 7.11 Å². The molecule has 88 valence electrons. The molecule has 1 aliphatic carbocycles. The highest BCUT2D eigenvalue weighted by Gasteiger charge is 2.45. The van der Waals surface area contributed by atoms with E-state index in [1.807, 2.05) is 0 Å². The van der Waals surface area contributed by atoms with Crippen molar-refractivity contribution in [3.8, 4) is 0 Å². The number of hydrogen-bond donors (Lipinski definition) is 1. The largest absolute Gasteiger partial charge is 0.467 e. The third-order valence-electron chi connectivity index (χ3n) is 2.87. The average Bonchev–Trinajstić information content (AvgIpc) is 2.20. The first kappa shape index (κ1) is 12.6. The molecule has 1 rings (SSSR count). The Labute approximate surface area is 91.6 Å². The van der Waals surface area contributed by atoms with Crippen LogP contribution in [0.4, 0.5) is 0 Å². The molecule has 0 aromatic heterocycles. The first-order chi connectivity index (χ1) is 7.00. The summed E-state index contributed by atoms with van der Waals surface area (Å²) in [6.07, 6.45) is 2.47. The Bertz CT molecular complexity index is 257. The third-order valence-corrected chi connectivity index (χ3v) is 3.33. The maximum Gasteiger partial charge on any atom is 0.339 e. The molecule has 0 saturated heterocycles. The van der Waals surface area contributed by atoms with Crippen molar-refractivity contribution in [2.75, 3.05) is 7.11 Å². The summed E-state index contributed by atoms with van der Waals surface area (Å²) < 4.78 is 28.8. The van der Waals surface area contributed by atoms with Crippen LogP contribution in [0, 0.1) is 5.92 Å². The molecule has 15 heavy (non-hydrogen) atoms. The fourth-order valence-electron chi connectivity index (χ4n) is 1.87. The van der Waals surface area contributed by atoms with Gasteiger partial charge in [0.1, 0.15) is 0 Å². The van der Waals surface area contributed by atoms with Crippen LogP contribution in [0.2, 0.25) is 0 Å². The van der Waals surface area contributed by atoms with Crippen LogP contribution in [-0.4, -0.2) is 27.4 Å². The first-order valence-corrected chi connectivity index (χ1v) is 5.92. The minimum Gasteiger partial charge on any atom is -0.467 e. The van der Waals surface area contributed by atoms with Gasteiger partial charge in [-0.15, -0.1) is 0 Å². The van der Waals surface area contributed by atoms with E-state index in [4.69, 9.17) is 8.74 Å². The normalized spacial score (nSPS) is 33.4. The van der Waals surface area contributed by atoms with Crippen molar-refractivity contribution < 1.29 is 22.5 Å². The van der Waals surface area contributed by atoms with Gasteiger partial charge in [-0.3, -0.25) is 4.55 Å². The second-order valence-electron chi connectivity index (χ2n) is 3.97. The molecular weight excluding hydrogens is 220 g/mol. The van der Waals surface area contributed by atoms with Gasteiger partial charge in [0.15, 0.2) is 5.60 Å². The van der Waals surface area contributed by atoms with Crippen molar-refractivity contribution in [3.05, 3.63) is 0 Å². The Morgan fingerprint density at radius 2 is 2.00 bits per heavy atom. The number of methoxy groups -OCH3 is 1. The Balaban J connectivity index is 2.77. The molecule has 0 heterocycles. The van der Waals surface area contributed by atoms with Gasteiger partial charge in [-0.05, 0) is 31.6 Å². The van der Waals surface area contributed by atoms with Crippen molar-refractivity contribution >= 4 is 17.3 Å². The van der Waals surface area contributed by atoms with Crippen LogP contribution in [-0.2, 0) is 25.1 Å². The van der Waals surface area contributed by atoms with Crippen molar-refractivity contribution in [3.63, 3.8) is 0 Å². The van der Waals surface area contributed by atoms with E-state index in [9.17, 15) is 9.00 Å². The van der Waals surface area contributed by atoms with Gasteiger partial charge in [-0.25, -0.2) is 8.98 Å². The molecule has 5 nitrogen and oxygen atoms in total. The smallest absolute Gasteiger partial charge is 0.339 e. The van der Waals surface area contributed by atoms with Crippen LogP contribution in [0.1, 0.15) is 32.6 Å². The highest BCUT2D eigenvalue weighted by molar-refractivity contribution is 7.74. The molecule has 1 atom stereocenters. The summed E-state index contributed by atoms with van der Waals surface area (Å²) in [5, 5.41) is 0. The van der Waals surface area contributed by atoms with E-state index in [1.165, 1.54) is 7.11 Å². The maximum atomic E-state index is 11.5. The molecule has 1 N–H and O–H groups in total. The van der Waals surface area contributed by atoms with E-state index >= 15 is 0 Å². The molecule has 0 amide bonds. The van der Waals surface area contributed by atoms with Gasteiger partial charge in [-0.2, -0.15) is 4.21 Å². The predicted molar refractivity (Wildman–Crippen MR) is 54.2 cm³/mol. The number of ether oxygens (including phenoxy) is 1. The molecule has 1 saturated carbocycles. The van der Waals surface area contributed by atoms with Gasteiger partial charge in [0.25, 0.3) is 0 Å². The van der Waals surface area contributed by atoms with Crippen molar-refractivity contribution in [1.29, 1.82) is 0 Å². The molecule has 0 radical (unpaired) electrons. The van der Waals surface area contributed by atoms with E-state index in [-0.39, 0.29) is 0 Å². The van der Waals surface area contributed by atoms with Crippen LogP contribution in [0.25, 0.3) is 0 Å². The predicted octanol–water partition coefficient (Wildman–Crippen LogP) is 1.26. The van der Waals surface area contributed by atoms with Crippen molar-refractivity contribution in [2.24, 2.45) is 5.92 Å². The standard InChI is InChI=1S/C9H16O5S/c1-7-3-5-9(6-4-7,8(10)13-2)14-15(11)12/h7H,3-6H2,1-2H3,(H,11,12). The van der Waals surface area contributed by atoms with E-state index < -0.39 is 22.9 Å². The Kier molecular flexibility index (Phi) is 4.24. The highest BCUT2D eigenvalue weighted by Crippen LogP contribution is 2.36. The van der Waals surface area contributed by atoms with Crippen LogP contribution in [0.15, 0.2) is 0 Å². The van der Waals surface area contributed by atoms with E-state index in [0.717, 1.165) is 12.8 Å². The van der Waals surface area contributed by atoms with Crippen LogP contribution >= 0.6 is 0 Å². The zero-order valence-corrected chi connectivity index (χ0v) is 9.71. The van der Waals surface area contributed by atoms with Gasteiger partial charge in [-0.1, -0.05) is 6.92 Å². The summed E-state index contributed by atoms with van der Waals surface area (Å²) in [7, 11) is 1.26. The zero-order valence-electron chi connectivity index (χ0n) is 8.89. The van der Waals surface area contributed by atoms with Crippen LogP contribution in [0.3, 0.4) is 0 Å². The Morgan fingerprint density at radius 3 is 2.40 bits per heavy atom. The number of esters is 1. The van der Waals surface area contributed by atoms with Crippen molar-refractivity contribution in [1.82, 2.24) is 0 Å². The molecule has 0 aromatic rings. The second kappa shape index (κ2) is 5.05. The summed E-state index contributed by atoms with van der Waals surface area (Å²) in [5.41, 5.74) is -1.22. The van der Waals surface area contributed by atoms with Gasteiger partial charge < -0.3 is 4.74 Å². The lowest BCUT2D eigenvalue weighted by atomic mass is 9.80. The number of rotatable bonds is 3. The number of hydrogen-bond acceptors (Lipinski definition) is 4. The van der Waals surface area contributed by atoms with E-state index in [0.29, 0.717) is 18.8 Å². The fraction of sp³-hybridized carbons (Fsp3) is 0.889. The number of carbonyl (C=O) groups is 1. The average molecular weight is 236 g/mol. The van der Waals surface area contributed by atoms with Gasteiger partial charge >= 0.3 is 17.3 Å². The van der Waals surface area contributed by atoms with E-state index in [2.05, 4.69) is 11.7 Å². The maximum absolute atomic E-state index is 11.5. The molecule has 1 unspecified atom stereocenters. The molecule has 0 aliphatic heterocycles. The van der Waals surface area contributed by atoms with Gasteiger partial charge in [0, 0.05) is 0 Å².